The first kappa shape index (κ1) is 16.6. The van der Waals surface area contributed by atoms with E-state index in [1.807, 2.05) is 24.3 Å². The molecule has 2 heterocycles. The van der Waals surface area contributed by atoms with E-state index in [1.165, 1.54) is 18.2 Å². The summed E-state index contributed by atoms with van der Waals surface area (Å²) in [7, 11) is -3.84. The molecule has 26 heavy (non-hydrogen) atoms. The van der Waals surface area contributed by atoms with Crippen LogP contribution in [0.25, 0.3) is 10.9 Å². The largest absolute Gasteiger partial charge is 0.485 e. The second-order valence-electron chi connectivity index (χ2n) is 6.37. The molecule has 1 unspecified atom stereocenters. The van der Waals surface area contributed by atoms with Gasteiger partial charge < -0.3 is 14.5 Å². The van der Waals surface area contributed by atoms with Crippen molar-refractivity contribution in [1.82, 2.24) is 4.98 Å². The van der Waals surface area contributed by atoms with E-state index in [-0.39, 0.29) is 22.8 Å². The number of sulfonamides is 1. The van der Waals surface area contributed by atoms with Crippen LogP contribution in [0.1, 0.15) is 12.5 Å². The van der Waals surface area contributed by atoms with Gasteiger partial charge in [0.15, 0.2) is 17.1 Å². The number of nitrogens with one attached hydrogen (secondary N) is 1. The number of nitrogens with two attached hydrogens (primary N) is 1. The minimum atomic E-state index is -3.84. The third-order valence-corrected chi connectivity index (χ3v) is 5.32. The lowest BCUT2D eigenvalue weighted by atomic mass is 9.95. The van der Waals surface area contributed by atoms with Crippen LogP contribution in [0.3, 0.4) is 0 Å². The minimum Gasteiger partial charge on any atom is -0.485 e. The van der Waals surface area contributed by atoms with Gasteiger partial charge in [-0.05, 0) is 36.6 Å². The highest BCUT2D eigenvalue weighted by atomic mass is 32.2. The topological polar surface area (TPSA) is 111 Å². The Labute approximate surface area is 149 Å². The molecular formula is C18H16N2O5S. The van der Waals surface area contributed by atoms with Gasteiger partial charge in [-0.1, -0.05) is 18.2 Å². The second kappa shape index (κ2) is 5.58. The molecule has 0 saturated carbocycles. The van der Waals surface area contributed by atoms with Crippen molar-refractivity contribution in [2.45, 2.75) is 17.4 Å². The maximum atomic E-state index is 12.5. The summed E-state index contributed by atoms with van der Waals surface area (Å²) in [6.07, 6.45) is 0. The predicted octanol–water partition coefficient (Wildman–Crippen LogP) is 1.86. The summed E-state index contributed by atoms with van der Waals surface area (Å²) >= 11 is 0. The maximum Gasteiger partial charge on any atom is 0.255 e. The Kier molecular flexibility index (Phi) is 3.57. The third kappa shape index (κ3) is 2.73. The first-order valence-corrected chi connectivity index (χ1v) is 9.42. The van der Waals surface area contributed by atoms with Gasteiger partial charge in [-0.3, -0.25) is 4.79 Å². The van der Waals surface area contributed by atoms with Gasteiger partial charge in [0.05, 0.1) is 10.5 Å². The van der Waals surface area contributed by atoms with Crippen LogP contribution in [0.5, 0.6) is 11.5 Å². The highest BCUT2D eigenvalue weighted by Crippen LogP contribution is 2.40. The lowest BCUT2D eigenvalue weighted by molar-refractivity contribution is 0.00131. The second-order valence-corrected chi connectivity index (χ2v) is 7.94. The Hall–Kier alpha value is -2.84. The quantitative estimate of drug-likeness (QED) is 0.713. The molecule has 8 heteroatoms. The minimum absolute atomic E-state index is 0.0511. The van der Waals surface area contributed by atoms with Gasteiger partial charge in [0.1, 0.15) is 6.61 Å². The first-order valence-electron chi connectivity index (χ1n) is 7.87. The summed E-state index contributed by atoms with van der Waals surface area (Å²) < 4.78 is 34.7. The number of aromatic nitrogens is 1. The maximum absolute atomic E-state index is 12.5. The number of para-hydroxylation sites is 1. The van der Waals surface area contributed by atoms with E-state index in [4.69, 9.17) is 14.6 Å². The predicted molar refractivity (Wildman–Crippen MR) is 95.9 cm³/mol. The Morgan fingerprint density at radius 2 is 1.88 bits per heavy atom. The van der Waals surface area contributed by atoms with Crippen LogP contribution in [0, 0.1) is 0 Å². The fourth-order valence-corrected chi connectivity index (χ4v) is 3.55. The number of hydrogen-bond donors (Lipinski definition) is 2. The molecule has 4 rings (SSSR count). The molecule has 3 aromatic rings. The Morgan fingerprint density at radius 1 is 1.12 bits per heavy atom. The van der Waals surface area contributed by atoms with E-state index < -0.39 is 15.6 Å². The molecule has 3 N–H and O–H groups in total. The van der Waals surface area contributed by atoms with Crippen molar-refractivity contribution < 1.29 is 17.9 Å². The number of ether oxygens (including phenoxy) is 2. The number of fused-ring (bicyclic) bond motifs is 2. The zero-order valence-electron chi connectivity index (χ0n) is 13.9. The van der Waals surface area contributed by atoms with Gasteiger partial charge >= 0.3 is 0 Å². The van der Waals surface area contributed by atoms with Crippen molar-refractivity contribution in [2.75, 3.05) is 6.61 Å². The van der Waals surface area contributed by atoms with Crippen molar-refractivity contribution in [3.8, 4) is 11.5 Å². The van der Waals surface area contributed by atoms with Crippen LogP contribution in [0.4, 0.5) is 0 Å². The first-order chi connectivity index (χ1) is 12.3. The average Bonchev–Trinajstić information content (AvgIpc) is 2.59. The van der Waals surface area contributed by atoms with Gasteiger partial charge in [0, 0.05) is 11.6 Å². The van der Waals surface area contributed by atoms with E-state index in [1.54, 1.807) is 13.0 Å². The van der Waals surface area contributed by atoms with Gasteiger partial charge in [-0.25, -0.2) is 13.6 Å². The van der Waals surface area contributed by atoms with E-state index in [0.29, 0.717) is 11.3 Å². The Balaban J connectivity index is 1.78. The molecule has 0 bridgehead atoms. The highest BCUT2D eigenvalue weighted by molar-refractivity contribution is 7.89. The van der Waals surface area contributed by atoms with Crippen molar-refractivity contribution in [3.63, 3.8) is 0 Å². The molecular weight excluding hydrogens is 356 g/mol. The van der Waals surface area contributed by atoms with E-state index in [9.17, 15) is 13.2 Å². The summed E-state index contributed by atoms with van der Waals surface area (Å²) in [6.45, 7) is 1.80. The van der Waals surface area contributed by atoms with Crippen molar-refractivity contribution in [1.29, 1.82) is 0 Å². The van der Waals surface area contributed by atoms with Crippen molar-refractivity contribution in [2.24, 2.45) is 5.14 Å². The summed E-state index contributed by atoms with van der Waals surface area (Å²) in [5, 5.41) is 6.01. The standard InChI is InChI=1S/C18H16N2O5S/c1-18(13-8-11-4-2-3-5-14(11)20-17(13)21)10-24-16-9-12(26(19,22)23)6-7-15(16)25-18/h2-9H,10H2,1H3,(H,20,21)(H2,19,22,23). The van der Waals surface area contributed by atoms with E-state index >= 15 is 0 Å². The lowest BCUT2D eigenvalue weighted by Crippen LogP contribution is -2.43. The zero-order valence-corrected chi connectivity index (χ0v) is 14.7. The molecule has 0 radical (unpaired) electrons. The van der Waals surface area contributed by atoms with Crippen LogP contribution < -0.4 is 20.2 Å². The molecule has 7 nitrogen and oxygen atoms in total. The fraction of sp³-hybridized carbons (Fsp3) is 0.167. The lowest BCUT2D eigenvalue weighted by Gasteiger charge is -2.35. The van der Waals surface area contributed by atoms with Gasteiger partial charge in [-0.2, -0.15) is 0 Å². The van der Waals surface area contributed by atoms with Crippen LogP contribution in [0.15, 0.2) is 58.2 Å². The number of aromatic amines is 1. The molecule has 0 aliphatic carbocycles. The number of benzene rings is 2. The summed E-state index contributed by atoms with van der Waals surface area (Å²) in [6, 6.07) is 13.4. The van der Waals surface area contributed by atoms with Crippen molar-refractivity contribution >= 4 is 20.9 Å². The normalized spacial score (nSPS) is 19.5. The molecule has 2 aromatic carbocycles. The van der Waals surface area contributed by atoms with Crippen LogP contribution in [-0.2, 0) is 15.6 Å². The molecule has 1 aromatic heterocycles. The smallest absolute Gasteiger partial charge is 0.255 e. The number of H-pyrrole nitrogens is 1. The fourth-order valence-electron chi connectivity index (χ4n) is 3.02. The molecule has 0 saturated heterocycles. The molecule has 0 fully saturated rings. The zero-order chi connectivity index (χ0) is 18.5. The van der Waals surface area contributed by atoms with Gasteiger partial charge in [-0.15, -0.1) is 0 Å². The Morgan fingerprint density at radius 3 is 2.65 bits per heavy atom. The molecule has 1 aliphatic rings. The molecule has 134 valence electrons. The molecule has 0 amide bonds. The number of pyridine rings is 1. The number of hydrogen-bond acceptors (Lipinski definition) is 5. The van der Waals surface area contributed by atoms with E-state index in [2.05, 4.69) is 4.98 Å². The summed E-state index contributed by atoms with van der Waals surface area (Å²) in [4.78, 5) is 15.3. The SMILES string of the molecule is CC1(c2cc3ccccc3[nH]c2=O)COc2cc(S(N)(=O)=O)ccc2O1. The third-order valence-electron chi connectivity index (χ3n) is 4.41. The number of primary sulfonamides is 1. The van der Waals surface area contributed by atoms with Crippen LogP contribution in [0.2, 0.25) is 0 Å². The van der Waals surface area contributed by atoms with Gasteiger partial charge in [0.25, 0.3) is 5.56 Å². The van der Waals surface area contributed by atoms with Crippen LogP contribution >= 0.6 is 0 Å². The number of rotatable bonds is 2. The van der Waals surface area contributed by atoms with Crippen molar-refractivity contribution in [3.05, 3.63) is 64.4 Å². The van der Waals surface area contributed by atoms with Crippen LogP contribution in [-0.4, -0.2) is 20.0 Å². The van der Waals surface area contributed by atoms with Gasteiger partial charge in [0.2, 0.25) is 10.0 Å². The van der Waals surface area contributed by atoms with E-state index in [0.717, 1.165) is 10.9 Å². The average molecular weight is 372 g/mol. The molecule has 0 spiro atoms. The summed E-state index contributed by atoms with van der Waals surface area (Å²) in [5.74, 6) is 0.616. The summed E-state index contributed by atoms with van der Waals surface area (Å²) in [5.41, 5.74) is -0.121. The molecule has 1 aliphatic heterocycles. The Bertz CT molecular complexity index is 1190. The highest BCUT2D eigenvalue weighted by Gasteiger charge is 2.38. The molecule has 1 atom stereocenters. The monoisotopic (exact) mass is 372 g/mol.